The number of hydrogen-bond donors (Lipinski definition) is 2. The fourth-order valence-electron chi connectivity index (χ4n) is 1.75. The normalized spacial score (nSPS) is 10.4. The molecular formula is C14H20FN3O2. The minimum absolute atomic E-state index is 0.0135. The van der Waals surface area contributed by atoms with Crippen molar-refractivity contribution < 1.29 is 14.0 Å². The summed E-state index contributed by atoms with van der Waals surface area (Å²) < 4.78 is 13.7. The number of nitrogens with two attached hydrogens (primary N) is 1. The van der Waals surface area contributed by atoms with Gasteiger partial charge in [0, 0.05) is 18.3 Å². The summed E-state index contributed by atoms with van der Waals surface area (Å²) in [4.78, 5) is 25.2. The number of benzene rings is 1. The molecule has 0 radical (unpaired) electrons. The number of nitrogen functional groups attached to an aromatic ring is 1. The minimum atomic E-state index is -0.646. The molecule has 0 heterocycles. The van der Waals surface area contributed by atoms with E-state index in [-0.39, 0.29) is 24.1 Å². The molecule has 0 saturated heterocycles. The van der Waals surface area contributed by atoms with Gasteiger partial charge in [-0.1, -0.05) is 0 Å². The topological polar surface area (TPSA) is 75.4 Å². The molecule has 0 aromatic heterocycles. The maximum atomic E-state index is 13.7. The van der Waals surface area contributed by atoms with E-state index in [1.807, 2.05) is 13.8 Å². The number of nitrogens with one attached hydrogen (secondary N) is 1. The molecule has 5 nitrogen and oxygen atoms in total. The molecule has 2 amide bonds. The maximum Gasteiger partial charge on any atom is 0.257 e. The molecule has 0 spiro atoms. The second kappa shape index (κ2) is 6.88. The second-order valence-corrected chi connectivity index (χ2v) is 4.78. The van der Waals surface area contributed by atoms with Gasteiger partial charge in [0.15, 0.2) is 0 Å². The maximum absolute atomic E-state index is 13.7. The summed E-state index contributed by atoms with van der Waals surface area (Å²) in [6, 6.07) is 3.79. The average Bonchev–Trinajstić information content (AvgIpc) is 2.37. The average molecular weight is 281 g/mol. The SMILES string of the molecule is CCN(CC(=O)NC(C)C)C(=O)c1cc(N)ccc1F. The molecule has 1 rings (SSSR count). The zero-order valence-corrected chi connectivity index (χ0v) is 11.9. The van der Waals surface area contributed by atoms with Gasteiger partial charge < -0.3 is 16.0 Å². The van der Waals surface area contributed by atoms with E-state index in [4.69, 9.17) is 5.73 Å². The second-order valence-electron chi connectivity index (χ2n) is 4.78. The predicted octanol–water partition coefficient (Wildman–Crippen LogP) is 1.39. The Morgan fingerprint density at radius 3 is 2.60 bits per heavy atom. The summed E-state index contributed by atoms with van der Waals surface area (Å²) in [6.07, 6.45) is 0. The van der Waals surface area contributed by atoms with Gasteiger partial charge in [-0.25, -0.2) is 4.39 Å². The van der Waals surface area contributed by atoms with E-state index in [0.717, 1.165) is 6.07 Å². The van der Waals surface area contributed by atoms with Gasteiger partial charge in [-0.05, 0) is 39.0 Å². The van der Waals surface area contributed by atoms with Crippen LogP contribution in [0.2, 0.25) is 0 Å². The molecule has 1 aromatic carbocycles. The Morgan fingerprint density at radius 2 is 2.05 bits per heavy atom. The third-order valence-electron chi connectivity index (χ3n) is 2.67. The van der Waals surface area contributed by atoms with Crippen molar-refractivity contribution in [2.75, 3.05) is 18.8 Å². The Balaban J connectivity index is 2.86. The van der Waals surface area contributed by atoms with E-state index in [0.29, 0.717) is 12.2 Å². The van der Waals surface area contributed by atoms with Crippen molar-refractivity contribution in [2.24, 2.45) is 0 Å². The number of carbonyl (C=O) groups excluding carboxylic acids is 2. The van der Waals surface area contributed by atoms with Gasteiger partial charge in [0.2, 0.25) is 5.91 Å². The van der Waals surface area contributed by atoms with Crippen molar-refractivity contribution in [1.82, 2.24) is 10.2 Å². The van der Waals surface area contributed by atoms with Crippen LogP contribution in [0.25, 0.3) is 0 Å². The van der Waals surface area contributed by atoms with E-state index in [9.17, 15) is 14.0 Å². The standard InChI is InChI=1S/C14H20FN3O2/c1-4-18(8-13(19)17-9(2)3)14(20)11-7-10(16)5-6-12(11)15/h5-7,9H,4,8,16H2,1-3H3,(H,17,19). The number of hydrogen-bond acceptors (Lipinski definition) is 3. The minimum Gasteiger partial charge on any atom is -0.399 e. The molecule has 0 aliphatic heterocycles. The summed E-state index contributed by atoms with van der Waals surface area (Å²) in [5, 5.41) is 2.69. The zero-order valence-electron chi connectivity index (χ0n) is 11.9. The molecule has 0 saturated carbocycles. The highest BCUT2D eigenvalue weighted by molar-refractivity contribution is 5.97. The van der Waals surface area contributed by atoms with Crippen LogP contribution < -0.4 is 11.1 Å². The molecular weight excluding hydrogens is 261 g/mol. The lowest BCUT2D eigenvalue weighted by Crippen LogP contribution is -2.42. The number of rotatable bonds is 5. The van der Waals surface area contributed by atoms with E-state index in [1.54, 1.807) is 6.92 Å². The first-order valence-electron chi connectivity index (χ1n) is 6.48. The smallest absolute Gasteiger partial charge is 0.257 e. The van der Waals surface area contributed by atoms with E-state index >= 15 is 0 Å². The van der Waals surface area contributed by atoms with Gasteiger partial charge in [0.1, 0.15) is 5.82 Å². The van der Waals surface area contributed by atoms with E-state index in [1.165, 1.54) is 17.0 Å². The van der Waals surface area contributed by atoms with Crippen molar-refractivity contribution >= 4 is 17.5 Å². The van der Waals surface area contributed by atoms with Gasteiger partial charge in [0.05, 0.1) is 12.1 Å². The molecule has 0 aliphatic rings. The predicted molar refractivity (Wildman–Crippen MR) is 75.7 cm³/mol. The zero-order chi connectivity index (χ0) is 15.3. The van der Waals surface area contributed by atoms with E-state index in [2.05, 4.69) is 5.32 Å². The van der Waals surface area contributed by atoms with Gasteiger partial charge in [0.25, 0.3) is 5.91 Å². The molecule has 6 heteroatoms. The third kappa shape index (κ3) is 4.22. The fraction of sp³-hybridized carbons (Fsp3) is 0.429. The highest BCUT2D eigenvalue weighted by Gasteiger charge is 2.20. The van der Waals surface area contributed by atoms with Gasteiger partial charge in [-0.3, -0.25) is 9.59 Å². The molecule has 1 aromatic rings. The first-order chi connectivity index (χ1) is 9.35. The molecule has 20 heavy (non-hydrogen) atoms. The fourth-order valence-corrected chi connectivity index (χ4v) is 1.75. The van der Waals surface area contributed by atoms with Crippen LogP contribution in [0.3, 0.4) is 0 Å². The van der Waals surface area contributed by atoms with Crippen LogP contribution in [0, 0.1) is 5.82 Å². The Kier molecular flexibility index (Phi) is 5.49. The van der Waals surface area contributed by atoms with Crippen LogP contribution in [0.4, 0.5) is 10.1 Å². The van der Waals surface area contributed by atoms with Crippen LogP contribution in [-0.2, 0) is 4.79 Å². The van der Waals surface area contributed by atoms with Gasteiger partial charge >= 0.3 is 0 Å². The molecule has 0 atom stereocenters. The summed E-state index contributed by atoms with van der Waals surface area (Å²) >= 11 is 0. The molecule has 3 N–H and O–H groups in total. The van der Waals surface area contributed by atoms with Gasteiger partial charge in [-0.2, -0.15) is 0 Å². The number of carbonyl (C=O) groups is 2. The monoisotopic (exact) mass is 281 g/mol. The summed E-state index contributed by atoms with van der Waals surface area (Å²) in [5.41, 5.74) is 5.74. The summed E-state index contributed by atoms with van der Waals surface area (Å²) in [7, 11) is 0. The highest BCUT2D eigenvalue weighted by Crippen LogP contribution is 2.14. The molecule has 0 fully saturated rings. The summed E-state index contributed by atoms with van der Waals surface area (Å²) in [5.74, 6) is -1.47. The van der Waals surface area contributed by atoms with Gasteiger partial charge in [-0.15, -0.1) is 0 Å². The molecule has 0 bridgehead atoms. The molecule has 0 aliphatic carbocycles. The Hall–Kier alpha value is -2.11. The lowest BCUT2D eigenvalue weighted by Gasteiger charge is -2.21. The Labute approximate surface area is 117 Å². The van der Waals surface area contributed by atoms with Crippen molar-refractivity contribution in [3.8, 4) is 0 Å². The van der Waals surface area contributed by atoms with Crippen LogP contribution in [0.15, 0.2) is 18.2 Å². The largest absolute Gasteiger partial charge is 0.399 e. The third-order valence-corrected chi connectivity index (χ3v) is 2.67. The lowest BCUT2D eigenvalue weighted by molar-refractivity contribution is -0.122. The lowest BCUT2D eigenvalue weighted by atomic mass is 10.1. The van der Waals surface area contributed by atoms with E-state index < -0.39 is 11.7 Å². The molecule has 110 valence electrons. The van der Waals surface area contributed by atoms with Crippen molar-refractivity contribution in [3.05, 3.63) is 29.6 Å². The number of likely N-dealkylation sites (N-methyl/N-ethyl adjacent to an activating group) is 1. The van der Waals surface area contributed by atoms with Crippen LogP contribution in [0.1, 0.15) is 31.1 Å². The number of amides is 2. The van der Waals surface area contributed by atoms with Crippen LogP contribution in [-0.4, -0.2) is 35.8 Å². The van der Waals surface area contributed by atoms with Crippen molar-refractivity contribution in [2.45, 2.75) is 26.8 Å². The first-order valence-corrected chi connectivity index (χ1v) is 6.48. The van der Waals surface area contributed by atoms with Crippen LogP contribution in [0.5, 0.6) is 0 Å². The first kappa shape index (κ1) is 15.9. The Morgan fingerprint density at radius 1 is 1.40 bits per heavy atom. The number of halogens is 1. The van der Waals surface area contributed by atoms with Crippen molar-refractivity contribution in [3.63, 3.8) is 0 Å². The quantitative estimate of drug-likeness (QED) is 0.801. The summed E-state index contributed by atoms with van der Waals surface area (Å²) in [6.45, 7) is 5.58. The number of anilines is 1. The van der Waals surface area contributed by atoms with Crippen LogP contribution >= 0.6 is 0 Å². The van der Waals surface area contributed by atoms with Crippen molar-refractivity contribution in [1.29, 1.82) is 0 Å². The Bertz CT molecular complexity index is 503. The highest BCUT2D eigenvalue weighted by atomic mass is 19.1. The number of nitrogens with zero attached hydrogens (tertiary/aromatic N) is 1. The molecule has 0 unspecified atom stereocenters.